The summed E-state index contributed by atoms with van der Waals surface area (Å²) in [7, 11) is 0. The van der Waals surface area contributed by atoms with Gasteiger partial charge >= 0.3 is 5.97 Å². The zero-order chi connectivity index (χ0) is 13.9. The molecule has 0 heterocycles. The third-order valence-corrected chi connectivity index (χ3v) is 2.78. The molecule has 0 atom stereocenters. The minimum absolute atomic E-state index is 0.0133. The zero-order valence-electron chi connectivity index (χ0n) is 9.75. The minimum Gasteiger partial charge on any atom is -0.478 e. The van der Waals surface area contributed by atoms with E-state index in [1.165, 1.54) is 32.0 Å². The average molecular weight is 288 g/mol. The highest BCUT2D eigenvalue weighted by Crippen LogP contribution is 2.23. The molecule has 0 aliphatic carbocycles. The van der Waals surface area contributed by atoms with Crippen molar-refractivity contribution in [2.45, 2.75) is 13.8 Å². The Balaban J connectivity index is 2.95. The topological polar surface area (TPSA) is 66.4 Å². The molecule has 0 bridgehead atoms. The van der Waals surface area contributed by atoms with E-state index in [1.807, 2.05) is 0 Å². The standard InChI is InChI=1S/C12H11Cl2NO3/c1-6(7(2)12(17)18)11(16)15-10-4-8(13)3-9(14)5-10/h3-5H,1-2H3,(H,15,16)(H,17,18)/b7-6-. The van der Waals surface area contributed by atoms with E-state index in [-0.39, 0.29) is 11.1 Å². The summed E-state index contributed by atoms with van der Waals surface area (Å²) in [6, 6.07) is 4.58. The molecule has 4 nitrogen and oxygen atoms in total. The molecule has 18 heavy (non-hydrogen) atoms. The first-order valence-electron chi connectivity index (χ1n) is 4.99. The van der Waals surface area contributed by atoms with Gasteiger partial charge in [0.25, 0.3) is 5.91 Å². The molecule has 0 radical (unpaired) electrons. The Morgan fingerprint density at radius 1 is 1.06 bits per heavy atom. The van der Waals surface area contributed by atoms with Crippen molar-refractivity contribution in [3.63, 3.8) is 0 Å². The van der Waals surface area contributed by atoms with E-state index in [9.17, 15) is 9.59 Å². The first kappa shape index (κ1) is 14.5. The second-order valence-electron chi connectivity index (χ2n) is 3.67. The van der Waals surface area contributed by atoms with Crippen molar-refractivity contribution in [1.82, 2.24) is 0 Å². The maximum atomic E-state index is 11.8. The second-order valence-corrected chi connectivity index (χ2v) is 4.54. The molecule has 96 valence electrons. The van der Waals surface area contributed by atoms with Crippen LogP contribution in [-0.4, -0.2) is 17.0 Å². The van der Waals surface area contributed by atoms with Gasteiger partial charge in [0.15, 0.2) is 0 Å². The summed E-state index contributed by atoms with van der Waals surface area (Å²) < 4.78 is 0. The lowest BCUT2D eigenvalue weighted by atomic mass is 10.1. The van der Waals surface area contributed by atoms with E-state index in [0.29, 0.717) is 15.7 Å². The van der Waals surface area contributed by atoms with Crippen LogP contribution in [0.4, 0.5) is 5.69 Å². The van der Waals surface area contributed by atoms with Gasteiger partial charge in [-0.1, -0.05) is 23.2 Å². The van der Waals surface area contributed by atoms with Gasteiger partial charge in [-0.25, -0.2) is 4.79 Å². The highest BCUT2D eigenvalue weighted by molar-refractivity contribution is 6.35. The van der Waals surface area contributed by atoms with Crippen LogP contribution in [0.1, 0.15) is 13.8 Å². The molecule has 1 amide bonds. The summed E-state index contributed by atoms with van der Waals surface area (Å²) in [6.07, 6.45) is 0. The first-order chi connectivity index (χ1) is 8.31. The van der Waals surface area contributed by atoms with Crippen LogP contribution in [0.5, 0.6) is 0 Å². The molecule has 0 aliphatic heterocycles. The van der Waals surface area contributed by atoms with Gasteiger partial charge in [0.1, 0.15) is 0 Å². The van der Waals surface area contributed by atoms with Gasteiger partial charge in [-0.2, -0.15) is 0 Å². The number of rotatable bonds is 3. The number of nitrogens with one attached hydrogen (secondary N) is 1. The van der Waals surface area contributed by atoms with Crippen molar-refractivity contribution in [3.8, 4) is 0 Å². The maximum Gasteiger partial charge on any atom is 0.331 e. The predicted molar refractivity (Wildman–Crippen MR) is 71.1 cm³/mol. The molecule has 0 fully saturated rings. The monoisotopic (exact) mass is 287 g/mol. The number of aliphatic carboxylic acids is 1. The normalized spacial score (nSPS) is 11.8. The third-order valence-electron chi connectivity index (χ3n) is 2.34. The summed E-state index contributed by atoms with van der Waals surface area (Å²) in [5, 5.41) is 12.1. The lowest BCUT2D eigenvalue weighted by molar-refractivity contribution is -0.133. The van der Waals surface area contributed by atoms with Crippen molar-refractivity contribution in [1.29, 1.82) is 0 Å². The lowest BCUT2D eigenvalue weighted by Crippen LogP contribution is -2.16. The van der Waals surface area contributed by atoms with Crippen LogP contribution in [0.25, 0.3) is 0 Å². The van der Waals surface area contributed by atoms with Crippen LogP contribution in [0.2, 0.25) is 10.0 Å². The maximum absolute atomic E-state index is 11.8. The van der Waals surface area contributed by atoms with Gasteiger partial charge in [-0.05, 0) is 32.0 Å². The van der Waals surface area contributed by atoms with Crippen LogP contribution in [0.15, 0.2) is 29.3 Å². The van der Waals surface area contributed by atoms with Gasteiger partial charge in [-0.3, -0.25) is 4.79 Å². The number of carbonyl (C=O) groups is 2. The Hall–Kier alpha value is -1.52. The van der Waals surface area contributed by atoms with E-state index >= 15 is 0 Å². The Labute approximate surface area is 114 Å². The summed E-state index contributed by atoms with van der Waals surface area (Å²) in [5.41, 5.74) is 0.522. The van der Waals surface area contributed by atoms with Crippen LogP contribution in [0.3, 0.4) is 0 Å². The molecule has 0 spiro atoms. The summed E-state index contributed by atoms with van der Waals surface area (Å²) >= 11 is 11.6. The van der Waals surface area contributed by atoms with Gasteiger partial charge in [-0.15, -0.1) is 0 Å². The molecule has 0 saturated carbocycles. The number of carboxylic acid groups (broad SMARTS) is 1. The summed E-state index contributed by atoms with van der Waals surface area (Å²) in [5.74, 6) is -1.64. The SMILES string of the molecule is C/C(C(=O)O)=C(\C)C(=O)Nc1cc(Cl)cc(Cl)c1. The minimum atomic E-state index is -1.13. The Kier molecular flexibility index (Phi) is 4.76. The summed E-state index contributed by atoms with van der Waals surface area (Å²) in [6.45, 7) is 2.80. The molecular formula is C12H11Cl2NO3. The number of halogens is 2. The first-order valence-corrected chi connectivity index (χ1v) is 5.75. The average Bonchev–Trinajstić information content (AvgIpc) is 2.25. The van der Waals surface area contributed by atoms with Crippen molar-refractivity contribution in [3.05, 3.63) is 39.4 Å². The quantitative estimate of drug-likeness (QED) is 0.838. The molecule has 1 aromatic carbocycles. The van der Waals surface area contributed by atoms with Gasteiger partial charge in [0.2, 0.25) is 0 Å². The molecule has 0 saturated heterocycles. The fourth-order valence-electron chi connectivity index (χ4n) is 1.18. The molecule has 1 aromatic rings. The van der Waals surface area contributed by atoms with Gasteiger partial charge < -0.3 is 10.4 Å². The van der Waals surface area contributed by atoms with Crippen LogP contribution >= 0.6 is 23.2 Å². The Bertz CT molecular complexity index is 518. The van der Waals surface area contributed by atoms with Crippen molar-refractivity contribution in [2.24, 2.45) is 0 Å². The highest BCUT2D eigenvalue weighted by Gasteiger charge is 2.13. The van der Waals surface area contributed by atoms with E-state index in [1.54, 1.807) is 0 Å². The van der Waals surface area contributed by atoms with Crippen molar-refractivity contribution < 1.29 is 14.7 Å². The van der Waals surface area contributed by atoms with Gasteiger partial charge in [0, 0.05) is 26.9 Å². The van der Waals surface area contributed by atoms with Crippen LogP contribution in [-0.2, 0) is 9.59 Å². The van der Waals surface area contributed by atoms with E-state index in [2.05, 4.69) is 5.32 Å². The number of benzene rings is 1. The molecular weight excluding hydrogens is 277 g/mol. The molecule has 0 aliphatic rings. The zero-order valence-corrected chi connectivity index (χ0v) is 11.3. The molecule has 1 rings (SSSR count). The fourth-order valence-corrected chi connectivity index (χ4v) is 1.71. The number of hydrogen-bond acceptors (Lipinski definition) is 2. The van der Waals surface area contributed by atoms with E-state index in [4.69, 9.17) is 28.3 Å². The van der Waals surface area contributed by atoms with Gasteiger partial charge in [0.05, 0.1) is 0 Å². The van der Waals surface area contributed by atoms with Crippen LogP contribution < -0.4 is 5.32 Å². The smallest absolute Gasteiger partial charge is 0.331 e. The number of amides is 1. The third kappa shape index (κ3) is 3.75. The Morgan fingerprint density at radius 2 is 1.56 bits per heavy atom. The summed E-state index contributed by atoms with van der Waals surface area (Å²) in [4.78, 5) is 22.5. The largest absolute Gasteiger partial charge is 0.478 e. The fraction of sp³-hybridized carbons (Fsp3) is 0.167. The number of carbonyl (C=O) groups excluding carboxylic acids is 1. The highest BCUT2D eigenvalue weighted by atomic mass is 35.5. The number of carboxylic acids is 1. The molecule has 2 N–H and O–H groups in total. The number of hydrogen-bond donors (Lipinski definition) is 2. The molecule has 0 aromatic heterocycles. The van der Waals surface area contributed by atoms with Crippen molar-refractivity contribution >= 4 is 40.8 Å². The molecule has 6 heteroatoms. The lowest BCUT2D eigenvalue weighted by Gasteiger charge is -2.07. The van der Waals surface area contributed by atoms with E-state index in [0.717, 1.165) is 0 Å². The van der Waals surface area contributed by atoms with E-state index < -0.39 is 11.9 Å². The van der Waals surface area contributed by atoms with Crippen LogP contribution in [0, 0.1) is 0 Å². The second kappa shape index (κ2) is 5.89. The number of anilines is 1. The molecule has 0 unspecified atom stereocenters. The Morgan fingerprint density at radius 3 is 2.00 bits per heavy atom. The predicted octanol–water partition coefficient (Wildman–Crippen LogP) is 3.35. The van der Waals surface area contributed by atoms with Crippen molar-refractivity contribution in [2.75, 3.05) is 5.32 Å².